The van der Waals surface area contributed by atoms with E-state index >= 15 is 0 Å². The first kappa shape index (κ1) is 7.16. The van der Waals surface area contributed by atoms with Gasteiger partial charge < -0.3 is 9.15 Å². The van der Waals surface area contributed by atoms with E-state index in [2.05, 4.69) is 0 Å². The van der Waals surface area contributed by atoms with Gasteiger partial charge in [-0.1, -0.05) is 0 Å². The van der Waals surface area contributed by atoms with Crippen molar-refractivity contribution < 1.29 is 13.9 Å². The van der Waals surface area contributed by atoms with Crippen LogP contribution in [0.1, 0.15) is 18.6 Å². The Kier molecular flexibility index (Phi) is 1.70. The molecule has 2 heterocycles. The molecule has 0 atom stereocenters. The molecular formula is C9H8O3. The summed E-state index contributed by atoms with van der Waals surface area (Å²) in [7, 11) is 0. The Morgan fingerprint density at radius 1 is 1.42 bits per heavy atom. The van der Waals surface area contributed by atoms with Crippen molar-refractivity contribution in [2.75, 3.05) is 0 Å². The summed E-state index contributed by atoms with van der Waals surface area (Å²) in [6.07, 6.45) is 4.49. The fraction of sp³-hybridized carbons (Fsp3) is 0.222. The van der Waals surface area contributed by atoms with Gasteiger partial charge in [0.05, 0.1) is 12.7 Å². The topological polar surface area (TPSA) is 39.4 Å². The monoisotopic (exact) mass is 164 g/mol. The lowest BCUT2D eigenvalue weighted by Crippen LogP contribution is -1.88. The second kappa shape index (κ2) is 2.85. The summed E-state index contributed by atoms with van der Waals surface area (Å²) < 4.78 is 9.96. The lowest BCUT2D eigenvalue weighted by Gasteiger charge is -1.92. The van der Waals surface area contributed by atoms with Crippen LogP contribution in [0.15, 0.2) is 28.6 Å². The maximum atomic E-state index is 10.7. The minimum absolute atomic E-state index is 0.159. The molecule has 12 heavy (non-hydrogen) atoms. The van der Waals surface area contributed by atoms with Crippen LogP contribution < -0.4 is 0 Å². The van der Waals surface area contributed by atoms with E-state index in [0.29, 0.717) is 18.6 Å². The highest BCUT2D eigenvalue weighted by Crippen LogP contribution is 2.20. The van der Waals surface area contributed by atoms with Crippen LogP contribution in [0, 0.1) is 0 Å². The van der Waals surface area contributed by atoms with Crippen molar-refractivity contribution in [2.45, 2.75) is 12.8 Å². The van der Waals surface area contributed by atoms with Crippen molar-refractivity contribution in [2.24, 2.45) is 0 Å². The van der Waals surface area contributed by atoms with Gasteiger partial charge in [0.1, 0.15) is 11.5 Å². The molecule has 1 aliphatic heterocycles. The smallest absolute Gasteiger partial charge is 0.311 e. The highest BCUT2D eigenvalue weighted by atomic mass is 16.5. The summed E-state index contributed by atoms with van der Waals surface area (Å²) in [6.45, 7) is 0. The predicted octanol–water partition coefficient (Wildman–Crippen LogP) is 1.96. The van der Waals surface area contributed by atoms with Crippen LogP contribution in [-0.2, 0) is 9.53 Å². The molecule has 0 aliphatic carbocycles. The number of rotatable bonds is 1. The van der Waals surface area contributed by atoms with E-state index in [9.17, 15) is 4.79 Å². The molecule has 0 unspecified atom stereocenters. The summed E-state index contributed by atoms with van der Waals surface area (Å²) in [4.78, 5) is 10.7. The fourth-order valence-corrected chi connectivity index (χ4v) is 1.11. The van der Waals surface area contributed by atoms with Gasteiger partial charge in [-0.25, -0.2) is 0 Å². The minimum atomic E-state index is -0.159. The molecule has 0 radical (unpaired) electrons. The molecule has 0 saturated carbocycles. The summed E-state index contributed by atoms with van der Waals surface area (Å²) in [5, 5.41) is 0. The summed E-state index contributed by atoms with van der Waals surface area (Å²) in [5.41, 5.74) is 0. The highest BCUT2D eigenvalue weighted by Gasteiger charge is 2.16. The largest absolute Gasteiger partial charge is 0.465 e. The van der Waals surface area contributed by atoms with Crippen LogP contribution in [-0.4, -0.2) is 5.97 Å². The number of hydrogen-bond acceptors (Lipinski definition) is 3. The molecule has 3 nitrogen and oxygen atoms in total. The predicted molar refractivity (Wildman–Crippen MR) is 42.0 cm³/mol. The number of esters is 1. The highest BCUT2D eigenvalue weighted by molar-refractivity contribution is 5.75. The molecule has 0 N–H and O–H groups in total. The van der Waals surface area contributed by atoms with E-state index in [-0.39, 0.29) is 5.97 Å². The third kappa shape index (κ3) is 1.39. The second-order valence-corrected chi connectivity index (χ2v) is 2.60. The number of hydrogen-bond donors (Lipinski definition) is 0. The average molecular weight is 164 g/mol. The van der Waals surface area contributed by atoms with E-state index in [1.165, 1.54) is 0 Å². The van der Waals surface area contributed by atoms with E-state index in [0.717, 1.165) is 5.76 Å². The number of carbonyl (C=O) groups is 1. The van der Waals surface area contributed by atoms with E-state index < -0.39 is 0 Å². The Bertz CT molecular complexity index is 309. The maximum absolute atomic E-state index is 10.7. The molecule has 1 aromatic rings. The number of carbonyl (C=O) groups excluding carboxylic acids is 1. The van der Waals surface area contributed by atoms with Crippen LogP contribution in [0.3, 0.4) is 0 Å². The molecule has 0 amide bonds. The summed E-state index contributed by atoms with van der Waals surface area (Å²) in [5.74, 6) is 1.25. The van der Waals surface area contributed by atoms with Crippen molar-refractivity contribution in [3.05, 3.63) is 29.9 Å². The average Bonchev–Trinajstić information content (AvgIpc) is 2.63. The van der Waals surface area contributed by atoms with E-state index in [1.807, 2.05) is 6.07 Å². The Hall–Kier alpha value is -1.51. The Labute approximate surface area is 69.6 Å². The molecule has 1 fully saturated rings. The standard InChI is InChI=1S/C9H8O3/c10-9-4-3-8(12-9)6-7-2-1-5-11-7/h1-2,5-6H,3-4H2/b8-6+. The quantitative estimate of drug-likeness (QED) is 0.595. The first-order valence-electron chi connectivity index (χ1n) is 3.79. The first-order valence-corrected chi connectivity index (χ1v) is 3.79. The third-order valence-electron chi connectivity index (χ3n) is 1.67. The van der Waals surface area contributed by atoms with Crippen molar-refractivity contribution in [3.63, 3.8) is 0 Å². The molecule has 2 rings (SSSR count). The van der Waals surface area contributed by atoms with Crippen LogP contribution in [0.4, 0.5) is 0 Å². The molecule has 1 saturated heterocycles. The van der Waals surface area contributed by atoms with E-state index in [4.69, 9.17) is 9.15 Å². The number of ether oxygens (including phenoxy) is 1. The fourth-order valence-electron chi connectivity index (χ4n) is 1.11. The van der Waals surface area contributed by atoms with Gasteiger partial charge in [-0.3, -0.25) is 4.79 Å². The maximum Gasteiger partial charge on any atom is 0.311 e. The lowest BCUT2D eigenvalue weighted by molar-refractivity contribution is -0.135. The Morgan fingerprint density at radius 3 is 2.92 bits per heavy atom. The SMILES string of the molecule is O=C1CC/C(=C\c2ccco2)O1. The van der Waals surface area contributed by atoms with Crippen molar-refractivity contribution in [1.29, 1.82) is 0 Å². The van der Waals surface area contributed by atoms with Crippen LogP contribution in [0.5, 0.6) is 0 Å². The molecular weight excluding hydrogens is 156 g/mol. The van der Waals surface area contributed by atoms with Gasteiger partial charge in [-0.15, -0.1) is 0 Å². The number of furan rings is 1. The van der Waals surface area contributed by atoms with Gasteiger partial charge in [0, 0.05) is 12.5 Å². The van der Waals surface area contributed by atoms with Crippen molar-refractivity contribution >= 4 is 12.0 Å². The van der Waals surface area contributed by atoms with Gasteiger partial charge in [-0.2, -0.15) is 0 Å². The second-order valence-electron chi connectivity index (χ2n) is 2.60. The van der Waals surface area contributed by atoms with Gasteiger partial charge in [-0.05, 0) is 12.1 Å². The van der Waals surface area contributed by atoms with Crippen LogP contribution in [0.25, 0.3) is 6.08 Å². The Morgan fingerprint density at radius 2 is 2.33 bits per heavy atom. The third-order valence-corrected chi connectivity index (χ3v) is 1.67. The number of cyclic esters (lactones) is 1. The van der Waals surface area contributed by atoms with Gasteiger partial charge >= 0.3 is 5.97 Å². The summed E-state index contributed by atoms with van der Waals surface area (Å²) >= 11 is 0. The summed E-state index contributed by atoms with van der Waals surface area (Å²) in [6, 6.07) is 3.61. The van der Waals surface area contributed by atoms with Crippen molar-refractivity contribution in [3.8, 4) is 0 Å². The molecule has 62 valence electrons. The van der Waals surface area contributed by atoms with Crippen LogP contribution in [0.2, 0.25) is 0 Å². The normalized spacial score (nSPS) is 20.0. The molecule has 0 spiro atoms. The van der Waals surface area contributed by atoms with Crippen LogP contribution >= 0.6 is 0 Å². The van der Waals surface area contributed by atoms with Gasteiger partial charge in [0.15, 0.2) is 0 Å². The zero-order valence-corrected chi connectivity index (χ0v) is 6.45. The molecule has 1 aliphatic rings. The number of allylic oxidation sites excluding steroid dienone is 1. The zero-order valence-electron chi connectivity index (χ0n) is 6.45. The molecule has 1 aromatic heterocycles. The zero-order chi connectivity index (χ0) is 8.39. The Balaban J connectivity index is 2.15. The van der Waals surface area contributed by atoms with Gasteiger partial charge in [0.2, 0.25) is 0 Å². The molecule has 0 bridgehead atoms. The first-order chi connectivity index (χ1) is 5.84. The van der Waals surface area contributed by atoms with E-state index in [1.54, 1.807) is 18.4 Å². The molecule has 0 aromatic carbocycles. The lowest BCUT2D eigenvalue weighted by atomic mass is 10.3. The van der Waals surface area contributed by atoms with Gasteiger partial charge in [0.25, 0.3) is 0 Å². The minimum Gasteiger partial charge on any atom is -0.465 e. The van der Waals surface area contributed by atoms with Crippen molar-refractivity contribution in [1.82, 2.24) is 0 Å². The molecule has 3 heteroatoms.